The smallest absolute Gasteiger partial charge is 0.305 e. The van der Waals surface area contributed by atoms with Crippen LogP contribution in [0.1, 0.15) is 47.9 Å². The highest BCUT2D eigenvalue weighted by Gasteiger charge is 2.29. The van der Waals surface area contributed by atoms with E-state index in [0.717, 1.165) is 24.8 Å². The minimum Gasteiger partial charge on any atom is -0.493 e. The van der Waals surface area contributed by atoms with Gasteiger partial charge in [-0.2, -0.15) is 0 Å². The largest absolute Gasteiger partial charge is 0.493 e. The zero-order valence-electron chi connectivity index (χ0n) is 16.1. The third-order valence-electron chi connectivity index (χ3n) is 5.19. The summed E-state index contributed by atoms with van der Waals surface area (Å²) in [5, 5.41) is 12.3. The van der Waals surface area contributed by atoms with Crippen LogP contribution in [0.3, 0.4) is 0 Å². The first-order chi connectivity index (χ1) is 13.5. The Morgan fingerprint density at radius 2 is 1.89 bits per heavy atom. The molecule has 0 saturated heterocycles. The van der Waals surface area contributed by atoms with Crippen LogP contribution in [-0.2, 0) is 16.0 Å². The standard InChI is InChI=1S/C22H25NO5/c1-27-19-11-10-15(12-20(19)28-2)18(13-21(24)25)23-22(26)17-9-5-7-14-6-3-4-8-16(14)17/h3-4,6,8,10-12,17-18H,5,7,9,13H2,1-2H3,(H,23,26)(H,24,25). The number of ether oxygens (including phenoxy) is 2. The molecule has 3 rings (SSSR count). The van der Waals surface area contributed by atoms with Gasteiger partial charge in [0.05, 0.1) is 32.6 Å². The predicted octanol–water partition coefficient (Wildman–Crippen LogP) is 3.46. The summed E-state index contributed by atoms with van der Waals surface area (Å²) in [5.74, 6) is -0.348. The number of benzene rings is 2. The van der Waals surface area contributed by atoms with Gasteiger partial charge < -0.3 is 19.9 Å². The molecule has 0 spiro atoms. The molecule has 0 saturated carbocycles. The van der Waals surface area contributed by atoms with Crippen LogP contribution < -0.4 is 14.8 Å². The number of fused-ring (bicyclic) bond motifs is 1. The lowest BCUT2D eigenvalue weighted by molar-refractivity contribution is -0.137. The molecule has 2 unspecified atom stereocenters. The van der Waals surface area contributed by atoms with E-state index in [9.17, 15) is 14.7 Å². The number of carboxylic acids is 1. The van der Waals surface area contributed by atoms with Gasteiger partial charge in [0.25, 0.3) is 0 Å². The molecule has 0 heterocycles. The molecule has 1 amide bonds. The molecule has 28 heavy (non-hydrogen) atoms. The zero-order valence-corrected chi connectivity index (χ0v) is 16.1. The lowest BCUT2D eigenvalue weighted by atomic mass is 9.82. The molecule has 0 bridgehead atoms. The molecule has 148 valence electrons. The minimum atomic E-state index is -0.982. The van der Waals surface area contributed by atoms with Crippen LogP contribution in [0.25, 0.3) is 0 Å². The van der Waals surface area contributed by atoms with Gasteiger partial charge in [-0.1, -0.05) is 30.3 Å². The minimum absolute atomic E-state index is 0.145. The number of aryl methyl sites for hydroxylation is 1. The van der Waals surface area contributed by atoms with Crippen LogP contribution in [0.5, 0.6) is 11.5 Å². The van der Waals surface area contributed by atoms with Gasteiger partial charge in [0.1, 0.15) is 0 Å². The number of nitrogens with one attached hydrogen (secondary N) is 1. The second-order valence-corrected chi connectivity index (χ2v) is 6.92. The summed E-state index contributed by atoms with van der Waals surface area (Å²) in [5.41, 5.74) is 2.89. The third-order valence-corrected chi connectivity index (χ3v) is 5.19. The Morgan fingerprint density at radius 1 is 1.14 bits per heavy atom. The normalized spacial score (nSPS) is 16.6. The summed E-state index contributed by atoms with van der Waals surface area (Å²) in [7, 11) is 3.06. The SMILES string of the molecule is COc1ccc(C(CC(=O)O)NC(=O)C2CCCc3ccccc32)cc1OC. The van der Waals surface area contributed by atoms with Crippen molar-refractivity contribution in [1.29, 1.82) is 0 Å². The van der Waals surface area contributed by atoms with Gasteiger partial charge in [-0.05, 0) is 48.1 Å². The molecule has 2 atom stereocenters. The third kappa shape index (κ3) is 4.27. The van der Waals surface area contributed by atoms with Crippen molar-refractivity contribution in [2.45, 2.75) is 37.6 Å². The van der Waals surface area contributed by atoms with Gasteiger partial charge in [-0.3, -0.25) is 9.59 Å². The summed E-state index contributed by atoms with van der Waals surface area (Å²) >= 11 is 0. The van der Waals surface area contributed by atoms with Crippen molar-refractivity contribution in [2.24, 2.45) is 0 Å². The molecule has 6 nitrogen and oxygen atoms in total. The first kappa shape index (κ1) is 19.7. The molecule has 1 aliphatic carbocycles. The summed E-state index contributed by atoms with van der Waals surface area (Å²) < 4.78 is 10.6. The van der Waals surface area contributed by atoms with Gasteiger partial charge in [0.15, 0.2) is 11.5 Å². The number of amides is 1. The Kier molecular flexibility index (Phi) is 6.19. The van der Waals surface area contributed by atoms with E-state index in [1.165, 1.54) is 19.8 Å². The van der Waals surface area contributed by atoms with Gasteiger partial charge in [0, 0.05) is 0 Å². The maximum absolute atomic E-state index is 13.0. The van der Waals surface area contributed by atoms with Crippen molar-refractivity contribution in [1.82, 2.24) is 5.32 Å². The van der Waals surface area contributed by atoms with Crippen molar-refractivity contribution >= 4 is 11.9 Å². The Hall–Kier alpha value is -3.02. The second kappa shape index (κ2) is 8.78. The molecule has 2 aromatic rings. The zero-order chi connectivity index (χ0) is 20.1. The monoisotopic (exact) mass is 383 g/mol. The average molecular weight is 383 g/mol. The van der Waals surface area contributed by atoms with Crippen molar-refractivity contribution < 1.29 is 24.2 Å². The lowest BCUT2D eigenvalue weighted by Gasteiger charge is -2.27. The number of hydrogen-bond acceptors (Lipinski definition) is 4. The molecule has 0 aliphatic heterocycles. The maximum Gasteiger partial charge on any atom is 0.305 e. The molecule has 2 N–H and O–H groups in total. The first-order valence-electron chi connectivity index (χ1n) is 9.35. The maximum atomic E-state index is 13.0. The van der Waals surface area contributed by atoms with Crippen LogP contribution in [0.4, 0.5) is 0 Å². The topological polar surface area (TPSA) is 84.9 Å². The quantitative estimate of drug-likeness (QED) is 0.765. The molecule has 6 heteroatoms. The van der Waals surface area contributed by atoms with Crippen molar-refractivity contribution in [3.05, 3.63) is 59.2 Å². The highest BCUT2D eigenvalue weighted by Crippen LogP contribution is 2.34. The number of rotatable bonds is 7. The molecule has 2 aromatic carbocycles. The van der Waals surface area contributed by atoms with E-state index in [1.807, 2.05) is 18.2 Å². The average Bonchev–Trinajstić information content (AvgIpc) is 2.71. The van der Waals surface area contributed by atoms with E-state index >= 15 is 0 Å². The van der Waals surface area contributed by atoms with Gasteiger partial charge in [0.2, 0.25) is 5.91 Å². The van der Waals surface area contributed by atoms with Crippen LogP contribution in [0.2, 0.25) is 0 Å². The number of carbonyl (C=O) groups is 2. The van der Waals surface area contributed by atoms with Crippen molar-refractivity contribution in [3.63, 3.8) is 0 Å². The Bertz CT molecular complexity index is 864. The van der Waals surface area contributed by atoms with Crippen LogP contribution in [0.15, 0.2) is 42.5 Å². The fourth-order valence-corrected chi connectivity index (χ4v) is 3.79. The van der Waals surface area contributed by atoms with E-state index in [4.69, 9.17) is 9.47 Å². The van der Waals surface area contributed by atoms with Gasteiger partial charge in [-0.25, -0.2) is 0 Å². The van der Waals surface area contributed by atoms with E-state index in [0.29, 0.717) is 17.1 Å². The van der Waals surface area contributed by atoms with Crippen molar-refractivity contribution in [2.75, 3.05) is 14.2 Å². The van der Waals surface area contributed by atoms with Crippen LogP contribution >= 0.6 is 0 Å². The number of hydrogen-bond donors (Lipinski definition) is 2. The van der Waals surface area contributed by atoms with Gasteiger partial charge in [-0.15, -0.1) is 0 Å². The summed E-state index contributed by atoms with van der Waals surface area (Å²) in [6, 6.07) is 12.5. The molecular weight excluding hydrogens is 358 g/mol. The van der Waals surface area contributed by atoms with E-state index < -0.39 is 12.0 Å². The molecule has 1 aliphatic rings. The van der Waals surface area contributed by atoms with Crippen LogP contribution in [-0.4, -0.2) is 31.2 Å². The van der Waals surface area contributed by atoms with E-state index in [-0.39, 0.29) is 18.2 Å². The van der Waals surface area contributed by atoms with E-state index in [2.05, 4.69) is 11.4 Å². The molecule has 0 aromatic heterocycles. The fourth-order valence-electron chi connectivity index (χ4n) is 3.79. The second-order valence-electron chi connectivity index (χ2n) is 6.92. The first-order valence-corrected chi connectivity index (χ1v) is 9.35. The Labute approximate surface area is 164 Å². The number of carboxylic acid groups (broad SMARTS) is 1. The lowest BCUT2D eigenvalue weighted by Crippen LogP contribution is -2.35. The molecule has 0 fully saturated rings. The number of methoxy groups -OCH3 is 2. The highest BCUT2D eigenvalue weighted by molar-refractivity contribution is 5.85. The predicted molar refractivity (Wildman–Crippen MR) is 105 cm³/mol. The molecular formula is C22H25NO5. The summed E-state index contributed by atoms with van der Waals surface area (Å²) in [6.45, 7) is 0. The van der Waals surface area contributed by atoms with E-state index in [1.54, 1.807) is 18.2 Å². The van der Waals surface area contributed by atoms with Crippen molar-refractivity contribution in [3.8, 4) is 11.5 Å². The summed E-state index contributed by atoms with van der Waals surface area (Å²) in [4.78, 5) is 24.5. The fraction of sp³-hybridized carbons (Fsp3) is 0.364. The van der Waals surface area contributed by atoms with Crippen LogP contribution in [0, 0.1) is 0 Å². The molecule has 0 radical (unpaired) electrons. The number of carbonyl (C=O) groups excluding carboxylic acids is 1. The Balaban J connectivity index is 1.86. The van der Waals surface area contributed by atoms with Gasteiger partial charge >= 0.3 is 5.97 Å². The highest BCUT2D eigenvalue weighted by atomic mass is 16.5. The number of aliphatic carboxylic acids is 1. The summed E-state index contributed by atoms with van der Waals surface area (Å²) in [6.07, 6.45) is 2.45. The Morgan fingerprint density at radius 3 is 2.61 bits per heavy atom.